The lowest BCUT2D eigenvalue weighted by Gasteiger charge is -2.07. The molecule has 2 aromatic carbocycles. The first kappa shape index (κ1) is 16.4. The molecule has 130 valence electrons. The van der Waals surface area contributed by atoms with Gasteiger partial charge in [0, 0.05) is 28.7 Å². The molecule has 0 atom stereocenters. The normalized spacial score (nSPS) is 11.0. The summed E-state index contributed by atoms with van der Waals surface area (Å²) in [4.78, 5) is 17.1. The fourth-order valence-electron chi connectivity index (χ4n) is 2.80. The molecule has 4 rings (SSSR count). The number of hydrogen-bond donors (Lipinski definition) is 1. The van der Waals surface area contributed by atoms with E-state index in [1.807, 2.05) is 49.6 Å². The third kappa shape index (κ3) is 3.09. The van der Waals surface area contributed by atoms with Crippen molar-refractivity contribution in [2.45, 2.75) is 20.4 Å². The summed E-state index contributed by atoms with van der Waals surface area (Å²) in [6, 6.07) is 13.1. The van der Waals surface area contributed by atoms with Gasteiger partial charge >= 0.3 is 0 Å². The lowest BCUT2D eigenvalue weighted by molar-refractivity contribution is 0.102. The number of aromatic nitrogens is 4. The maximum Gasteiger partial charge on any atom is 0.255 e. The maximum absolute atomic E-state index is 12.6. The second-order valence-corrected chi connectivity index (χ2v) is 6.96. The van der Waals surface area contributed by atoms with E-state index in [-0.39, 0.29) is 5.91 Å². The molecule has 0 fully saturated rings. The molecule has 0 aliphatic carbocycles. The van der Waals surface area contributed by atoms with Gasteiger partial charge < -0.3 is 5.32 Å². The van der Waals surface area contributed by atoms with Crippen LogP contribution in [0, 0.1) is 6.92 Å². The Labute approximate surface area is 154 Å². The summed E-state index contributed by atoms with van der Waals surface area (Å²) in [5.74, 6) is -0.176. The highest BCUT2D eigenvalue weighted by Crippen LogP contribution is 2.24. The highest BCUT2D eigenvalue weighted by Gasteiger charge is 2.11. The molecule has 0 bridgehead atoms. The molecule has 4 aromatic rings. The molecule has 0 unspecified atom stereocenters. The molecule has 0 saturated heterocycles. The standard InChI is InChI=1S/C19H17N5OS/c1-3-24-18-8-7-14(10-16(18)22-23-24)19(25)21-15-6-4-5-13(9-15)17-11-26-12(2)20-17/h4-11H,3H2,1-2H3,(H,21,25). The highest BCUT2D eigenvalue weighted by molar-refractivity contribution is 7.09. The van der Waals surface area contributed by atoms with E-state index in [1.165, 1.54) is 0 Å². The molecule has 26 heavy (non-hydrogen) atoms. The number of aryl methyl sites for hydroxylation is 2. The Bertz CT molecular complexity index is 1100. The summed E-state index contributed by atoms with van der Waals surface area (Å²) in [6.07, 6.45) is 0. The molecule has 6 nitrogen and oxygen atoms in total. The monoisotopic (exact) mass is 363 g/mol. The number of nitrogens with zero attached hydrogens (tertiary/aromatic N) is 4. The van der Waals surface area contributed by atoms with Gasteiger partial charge in [-0.3, -0.25) is 4.79 Å². The van der Waals surface area contributed by atoms with Gasteiger partial charge in [0.05, 0.1) is 16.2 Å². The number of thiazole rings is 1. The fraction of sp³-hybridized carbons (Fsp3) is 0.158. The van der Waals surface area contributed by atoms with Gasteiger partial charge in [0.25, 0.3) is 5.91 Å². The van der Waals surface area contributed by atoms with Crippen molar-refractivity contribution < 1.29 is 4.79 Å². The number of nitrogens with one attached hydrogen (secondary N) is 1. The van der Waals surface area contributed by atoms with Crippen LogP contribution in [-0.4, -0.2) is 25.9 Å². The minimum Gasteiger partial charge on any atom is -0.322 e. The number of carbonyl (C=O) groups is 1. The number of amides is 1. The van der Waals surface area contributed by atoms with Crippen LogP contribution in [0.1, 0.15) is 22.3 Å². The molecule has 1 N–H and O–H groups in total. The van der Waals surface area contributed by atoms with E-state index in [0.29, 0.717) is 11.1 Å². The number of rotatable bonds is 4. The largest absolute Gasteiger partial charge is 0.322 e. The molecule has 1 amide bonds. The summed E-state index contributed by atoms with van der Waals surface area (Å²) < 4.78 is 1.80. The van der Waals surface area contributed by atoms with Crippen LogP contribution in [0.5, 0.6) is 0 Å². The summed E-state index contributed by atoms with van der Waals surface area (Å²) in [6.45, 7) is 4.72. The van der Waals surface area contributed by atoms with Crippen LogP contribution in [0.3, 0.4) is 0 Å². The van der Waals surface area contributed by atoms with Crippen molar-refractivity contribution in [1.29, 1.82) is 0 Å². The van der Waals surface area contributed by atoms with Gasteiger partial charge in [0.2, 0.25) is 0 Å². The zero-order chi connectivity index (χ0) is 18.1. The van der Waals surface area contributed by atoms with Gasteiger partial charge in [-0.2, -0.15) is 0 Å². The minimum atomic E-state index is -0.176. The molecule has 0 aliphatic heterocycles. The van der Waals surface area contributed by atoms with Crippen LogP contribution < -0.4 is 5.32 Å². The fourth-order valence-corrected chi connectivity index (χ4v) is 3.42. The molecule has 2 heterocycles. The van der Waals surface area contributed by atoms with Gasteiger partial charge in [0.15, 0.2) is 0 Å². The zero-order valence-electron chi connectivity index (χ0n) is 14.4. The van der Waals surface area contributed by atoms with Gasteiger partial charge in [-0.05, 0) is 44.2 Å². The Morgan fingerprint density at radius 2 is 2.12 bits per heavy atom. The summed E-state index contributed by atoms with van der Waals surface area (Å²) in [5, 5.41) is 14.2. The predicted octanol–water partition coefficient (Wildman–Crippen LogP) is 4.14. The van der Waals surface area contributed by atoms with Crippen LogP contribution >= 0.6 is 11.3 Å². The van der Waals surface area contributed by atoms with E-state index in [0.717, 1.165) is 34.0 Å². The van der Waals surface area contributed by atoms with Crippen LogP contribution in [0.2, 0.25) is 0 Å². The third-order valence-corrected chi connectivity index (χ3v) is 4.88. The van der Waals surface area contributed by atoms with E-state index in [2.05, 4.69) is 20.6 Å². The average molecular weight is 363 g/mol. The first-order valence-corrected chi connectivity index (χ1v) is 9.19. The Kier molecular flexibility index (Phi) is 4.22. The first-order valence-electron chi connectivity index (χ1n) is 8.31. The average Bonchev–Trinajstić information content (AvgIpc) is 3.27. The lowest BCUT2D eigenvalue weighted by atomic mass is 10.1. The minimum absolute atomic E-state index is 0.176. The molecule has 0 saturated carbocycles. The Balaban J connectivity index is 1.58. The van der Waals surface area contributed by atoms with Crippen molar-refractivity contribution in [3.8, 4) is 11.3 Å². The summed E-state index contributed by atoms with van der Waals surface area (Å²) in [5.41, 5.74) is 4.82. The van der Waals surface area contributed by atoms with E-state index in [4.69, 9.17) is 0 Å². The lowest BCUT2D eigenvalue weighted by Crippen LogP contribution is -2.11. The summed E-state index contributed by atoms with van der Waals surface area (Å²) in [7, 11) is 0. The molecular formula is C19H17N5OS. The third-order valence-electron chi connectivity index (χ3n) is 4.11. The van der Waals surface area contributed by atoms with E-state index < -0.39 is 0 Å². The van der Waals surface area contributed by atoms with E-state index in [1.54, 1.807) is 28.2 Å². The second kappa shape index (κ2) is 6.68. The molecule has 0 spiro atoms. The van der Waals surface area contributed by atoms with Crippen molar-refractivity contribution >= 4 is 34.0 Å². The smallest absolute Gasteiger partial charge is 0.255 e. The van der Waals surface area contributed by atoms with Crippen LogP contribution in [0.25, 0.3) is 22.3 Å². The van der Waals surface area contributed by atoms with Crippen molar-refractivity contribution in [2.75, 3.05) is 5.32 Å². The van der Waals surface area contributed by atoms with Crippen molar-refractivity contribution in [3.63, 3.8) is 0 Å². The molecule has 7 heteroatoms. The Morgan fingerprint density at radius 3 is 2.88 bits per heavy atom. The van der Waals surface area contributed by atoms with Crippen molar-refractivity contribution in [1.82, 2.24) is 20.0 Å². The SMILES string of the molecule is CCn1nnc2cc(C(=O)Nc3cccc(-c4csc(C)n4)c3)ccc21. The molecule has 2 aromatic heterocycles. The molecule has 0 aliphatic rings. The quantitative estimate of drug-likeness (QED) is 0.591. The molecular weight excluding hydrogens is 346 g/mol. The van der Waals surface area contributed by atoms with Crippen LogP contribution in [-0.2, 0) is 6.54 Å². The van der Waals surface area contributed by atoms with Crippen LogP contribution in [0.15, 0.2) is 47.8 Å². The predicted molar refractivity (Wildman–Crippen MR) is 103 cm³/mol. The molecule has 0 radical (unpaired) electrons. The number of carbonyl (C=O) groups excluding carboxylic acids is 1. The first-order chi connectivity index (χ1) is 12.6. The van der Waals surface area contributed by atoms with Gasteiger partial charge in [-0.25, -0.2) is 9.67 Å². The van der Waals surface area contributed by atoms with Gasteiger partial charge in [-0.1, -0.05) is 17.3 Å². The summed E-state index contributed by atoms with van der Waals surface area (Å²) >= 11 is 1.61. The number of fused-ring (bicyclic) bond motifs is 1. The van der Waals surface area contributed by atoms with Crippen molar-refractivity contribution in [2.24, 2.45) is 0 Å². The maximum atomic E-state index is 12.6. The van der Waals surface area contributed by atoms with E-state index in [9.17, 15) is 4.79 Å². The van der Waals surface area contributed by atoms with E-state index >= 15 is 0 Å². The second-order valence-electron chi connectivity index (χ2n) is 5.90. The topological polar surface area (TPSA) is 72.7 Å². The number of hydrogen-bond acceptors (Lipinski definition) is 5. The Morgan fingerprint density at radius 1 is 1.23 bits per heavy atom. The Hall–Kier alpha value is -3.06. The number of anilines is 1. The number of benzene rings is 2. The van der Waals surface area contributed by atoms with Gasteiger partial charge in [-0.15, -0.1) is 16.4 Å². The van der Waals surface area contributed by atoms with Crippen LogP contribution in [0.4, 0.5) is 5.69 Å². The van der Waals surface area contributed by atoms with Gasteiger partial charge in [0.1, 0.15) is 5.52 Å². The highest BCUT2D eigenvalue weighted by atomic mass is 32.1. The van der Waals surface area contributed by atoms with Crippen molar-refractivity contribution in [3.05, 3.63) is 58.4 Å². The zero-order valence-corrected chi connectivity index (χ0v) is 15.2.